The largest absolute Gasteiger partial charge is 0.329 e. The molecule has 0 saturated heterocycles. The van der Waals surface area contributed by atoms with Crippen LogP contribution < -0.4 is 11.2 Å². The molecule has 0 radical (unpaired) electrons. The molecule has 0 spiro atoms. The molecule has 0 amide bonds. The summed E-state index contributed by atoms with van der Waals surface area (Å²) >= 11 is 12.2. The molecule has 0 atom stereocenters. The molecule has 0 unspecified atom stereocenters. The van der Waals surface area contributed by atoms with E-state index in [1.165, 1.54) is 7.05 Å². The Morgan fingerprint density at radius 2 is 1.81 bits per heavy atom. The van der Waals surface area contributed by atoms with Gasteiger partial charge in [-0.3, -0.25) is 18.9 Å². The predicted octanol–water partition coefficient (Wildman–Crippen LogP) is 2.78. The summed E-state index contributed by atoms with van der Waals surface area (Å²) in [5, 5.41) is 0.789. The van der Waals surface area contributed by atoms with Crippen molar-refractivity contribution in [3.05, 3.63) is 73.6 Å². The number of hydrogen-bond donors (Lipinski definition) is 1. The van der Waals surface area contributed by atoms with Crippen LogP contribution in [0.1, 0.15) is 0 Å². The minimum Gasteiger partial charge on any atom is -0.290 e. The first-order chi connectivity index (χ1) is 12.5. The van der Waals surface area contributed by atoms with Gasteiger partial charge in [-0.1, -0.05) is 23.2 Å². The van der Waals surface area contributed by atoms with Gasteiger partial charge in [-0.2, -0.15) is 0 Å². The fourth-order valence-electron chi connectivity index (χ4n) is 2.72. The Balaban J connectivity index is 2.18. The van der Waals surface area contributed by atoms with Crippen LogP contribution in [0.15, 0.2) is 52.2 Å². The number of aromatic amines is 1. The molecule has 0 bridgehead atoms. The summed E-state index contributed by atoms with van der Waals surface area (Å²) in [4.78, 5) is 35.8. The molecular weight excluding hydrogens is 377 g/mol. The first kappa shape index (κ1) is 16.6. The lowest BCUT2D eigenvalue weighted by Crippen LogP contribution is -2.33. The van der Waals surface area contributed by atoms with E-state index in [1.807, 2.05) is 0 Å². The van der Waals surface area contributed by atoms with Crippen molar-refractivity contribution in [2.45, 2.75) is 0 Å². The normalized spacial score (nSPS) is 11.2. The van der Waals surface area contributed by atoms with E-state index in [4.69, 9.17) is 23.2 Å². The van der Waals surface area contributed by atoms with Crippen LogP contribution in [-0.4, -0.2) is 24.1 Å². The summed E-state index contributed by atoms with van der Waals surface area (Å²) in [6.45, 7) is 0. The van der Waals surface area contributed by atoms with Gasteiger partial charge in [0.2, 0.25) is 0 Å². The Kier molecular flexibility index (Phi) is 3.90. The Labute approximate surface area is 156 Å². The molecule has 3 heterocycles. The topological polar surface area (TPSA) is 85.6 Å². The molecule has 0 saturated carbocycles. The quantitative estimate of drug-likeness (QED) is 0.535. The monoisotopic (exact) mass is 387 g/mol. The minimum absolute atomic E-state index is 0.169. The highest BCUT2D eigenvalue weighted by atomic mass is 35.5. The average molecular weight is 388 g/mol. The van der Waals surface area contributed by atoms with Crippen LogP contribution >= 0.6 is 23.2 Å². The Hall–Kier alpha value is -2.90. The Morgan fingerprint density at radius 1 is 1.08 bits per heavy atom. The van der Waals surface area contributed by atoms with Crippen molar-refractivity contribution < 1.29 is 0 Å². The lowest BCUT2D eigenvalue weighted by atomic mass is 10.2. The summed E-state index contributed by atoms with van der Waals surface area (Å²) in [5.41, 5.74) is 0.552. The highest BCUT2D eigenvalue weighted by molar-refractivity contribution is 6.32. The fourth-order valence-corrected chi connectivity index (χ4v) is 3.05. The van der Waals surface area contributed by atoms with Gasteiger partial charge >= 0.3 is 5.69 Å². The standard InChI is InChI=1S/C17H11Cl2N5O2/c1-23-16(25)12-14(22-17(23)26)21-15(11-3-2-8-20-13(11)19)24(12)10-6-4-9(18)5-7-10/h2-8H,1H3,(H,22,26). The minimum atomic E-state index is -0.549. The van der Waals surface area contributed by atoms with Crippen LogP contribution in [0.5, 0.6) is 0 Å². The molecule has 1 N–H and O–H groups in total. The second-order valence-corrected chi connectivity index (χ2v) is 6.37. The molecule has 3 aromatic heterocycles. The number of pyridine rings is 1. The van der Waals surface area contributed by atoms with Crippen LogP contribution in [-0.2, 0) is 7.05 Å². The first-order valence-electron chi connectivity index (χ1n) is 7.56. The maximum atomic E-state index is 12.7. The van der Waals surface area contributed by atoms with E-state index in [2.05, 4.69) is 15.0 Å². The molecule has 0 aliphatic heterocycles. The third-order valence-corrected chi connectivity index (χ3v) is 4.55. The number of hydrogen-bond acceptors (Lipinski definition) is 4. The lowest BCUT2D eigenvalue weighted by Gasteiger charge is -2.10. The molecular formula is C17H11Cl2N5O2. The number of aromatic nitrogens is 5. The lowest BCUT2D eigenvalue weighted by molar-refractivity contribution is 0.788. The second-order valence-electron chi connectivity index (χ2n) is 5.58. The summed E-state index contributed by atoms with van der Waals surface area (Å²) in [6.07, 6.45) is 1.56. The highest BCUT2D eigenvalue weighted by Crippen LogP contribution is 2.30. The van der Waals surface area contributed by atoms with Crippen molar-refractivity contribution in [3.8, 4) is 17.1 Å². The maximum Gasteiger partial charge on any atom is 0.329 e. The van der Waals surface area contributed by atoms with E-state index in [0.29, 0.717) is 22.1 Å². The summed E-state index contributed by atoms with van der Waals surface area (Å²) in [5.74, 6) is 0.388. The van der Waals surface area contributed by atoms with Crippen LogP contribution in [0, 0.1) is 0 Å². The van der Waals surface area contributed by atoms with E-state index in [1.54, 1.807) is 47.2 Å². The molecule has 1 aromatic carbocycles. The first-order valence-corrected chi connectivity index (χ1v) is 8.31. The summed E-state index contributed by atoms with van der Waals surface area (Å²) in [7, 11) is 1.40. The number of H-pyrrole nitrogens is 1. The van der Waals surface area contributed by atoms with E-state index in [0.717, 1.165) is 4.57 Å². The summed E-state index contributed by atoms with van der Waals surface area (Å²) in [6, 6.07) is 10.4. The van der Waals surface area contributed by atoms with E-state index in [9.17, 15) is 9.59 Å². The van der Waals surface area contributed by atoms with Crippen molar-refractivity contribution in [2.24, 2.45) is 7.05 Å². The Bertz CT molecular complexity index is 1260. The maximum absolute atomic E-state index is 12.7. The zero-order valence-corrected chi connectivity index (χ0v) is 14.9. The van der Waals surface area contributed by atoms with Gasteiger partial charge in [0.05, 0.1) is 5.56 Å². The third kappa shape index (κ3) is 2.53. The highest BCUT2D eigenvalue weighted by Gasteiger charge is 2.21. The van der Waals surface area contributed by atoms with Gasteiger partial charge in [0.1, 0.15) is 5.15 Å². The smallest absolute Gasteiger partial charge is 0.290 e. The van der Waals surface area contributed by atoms with Gasteiger partial charge in [-0.25, -0.2) is 14.8 Å². The number of rotatable bonds is 2. The number of nitrogens with one attached hydrogen (secondary N) is 1. The molecule has 0 aliphatic carbocycles. The van der Waals surface area contributed by atoms with Gasteiger partial charge < -0.3 is 0 Å². The zero-order chi connectivity index (χ0) is 18.4. The SMILES string of the molecule is Cn1c(=O)[nH]c2nc(-c3cccnc3Cl)n(-c3ccc(Cl)cc3)c2c1=O. The van der Waals surface area contributed by atoms with Crippen LogP contribution in [0.4, 0.5) is 0 Å². The second kappa shape index (κ2) is 6.12. The molecule has 4 aromatic rings. The fraction of sp³-hybridized carbons (Fsp3) is 0.0588. The number of nitrogens with zero attached hydrogens (tertiary/aromatic N) is 4. The van der Waals surface area contributed by atoms with Crippen molar-refractivity contribution in [1.29, 1.82) is 0 Å². The third-order valence-electron chi connectivity index (χ3n) is 4.00. The van der Waals surface area contributed by atoms with Crippen molar-refractivity contribution in [1.82, 2.24) is 24.1 Å². The van der Waals surface area contributed by atoms with Crippen LogP contribution in [0.25, 0.3) is 28.2 Å². The summed E-state index contributed by atoms with van der Waals surface area (Å²) < 4.78 is 2.62. The molecule has 7 nitrogen and oxygen atoms in total. The Morgan fingerprint density at radius 3 is 2.50 bits per heavy atom. The molecule has 130 valence electrons. The molecule has 0 aliphatic rings. The molecule has 0 fully saturated rings. The predicted molar refractivity (Wildman–Crippen MR) is 100 cm³/mol. The van der Waals surface area contributed by atoms with Gasteiger partial charge in [0, 0.05) is 24.0 Å². The van der Waals surface area contributed by atoms with Crippen LogP contribution in [0.2, 0.25) is 10.2 Å². The van der Waals surface area contributed by atoms with Crippen molar-refractivity contribution >= 4 is 34.4 Å². The van der Waals surface area contributed by atoms with Gasteiger partial charge in [0.15, 0.2) is 17.0 Å². The number of imidazole rings is 1. The van der Waals surface area contributed by atoms with Gasteiger partial charge in [0.25, 0.3) is 5.56 Å². The van der Waals surface area contributed by atoms with E-state index < -0.39 is 11.2 Å². The number of halogens is 2. The van der Waals surface area contributed by atoms with Crippen molar-refractivity contribution in [3.63, 3.8) is 0 Å². The van der Waals surface area contributed by atoms with Gasteiger partial charge in [-0.05, 0) is 36.4 Å². The zero-order valence-electron chi connectivity index (χ0n) is 13.4. The number of benzene rings is 1. The van der Waals surface area contributed by atoms with E-state index >= 15 is 0 Å². The average Bonchev–Trinajstić information content (AvgIpc) is 3.00. The van der Waals surface area contributed by atoms with Crippen molar-refractivity contribution in [2.75, 3.05) is 0 Å². The molecule has 26 heavy (non-hydrogen) atoms. The number of fused-ring (bicyclic) bond motifs is 1. The van der Waals surface area contributed by atoms with Crippen LogP contribution in [0.3, 0.4) is 0 Å². The molecule has 4 rings (SSSR count). The van der Waals surface area contributed by atoms with E-state index in [-0.39, 0.29) is 16.3 Å². The van der Waals surface area contributed by atoms with Gasteiger partial charge in [-0.15, -0.1) is 0 Å². The molecule has 9 heteroatoms.